The van der Waals surface area contributed by atoms with Gasteiger partial charge in [-0.05, 0) is 36.5 Å². The number of aliphatic carboxylic acids is 1. The lowest BCUT2D eigenvalue weighted by molar-refractivity contribution is -0.139. The highest BCUT2D eigenvalue weighted by molar-refractivity contribution is 5.76. The van der Waals surface area contributed by atoms with Gasteiger partial charge in [-0.3, -0.25) is 9.78 Å². The molecule has 3 heteroatoms. The molecule has 0 aliphatic rings. The molecule has 0 bridgehead atoms. The van der Waals surface area contributed by atoms with Crippen LogP contribution in [0.5, 0.6) is 0 Å². The van der Waals surface area contributed by atoms with Gasteiger partial charge in [-0.15, -0.1) is 0 Å². The summed E-state index contributed by atoms with van der Waals surface area (Å²) in [6.07, 6.45) is 21.6. The number of aryl methyl sites for hydroxylation is 1. The molecule has 0 amide bonds. The Morgan fingerprint density at radius 2 is 1.29 bits per heavy atom. The monoisotopic (exact) mass is 465 g/mol. The van der Waals surface area contributed by atoms with Crippen molar-refractivity contribution in [3.63, 3.8) is 0 Å². The Morgan fingerprint density at radius 1 is 0.735 bits per heavy atom. The molecule has 188 valence electrons. The SMILES string of the molecule is CCCCCCCCCc1ccc(-c2ccc(C(CCCCCCCCC)C(=O)O)cc2)nc1. The summed E-state index contributed by atoms with van der Waals surface area (Å²) in [5, 5.41) is 9.75. The fourth-order valence-corrected chi connectivity index (χ4v) is 4.65. The van der Waals surface area contributed by atoms with Crippen LogP contribution in [0.2, 0.25) is 0 Å². The maximum absolute atomic E-state index is 11.9. The van der Waals surface area contributed by atoms with E-state index in [2.05, 4.69) is 31.0 Å². The van der Waals surface area contributed by atoms with Gasteiger partial charge in [-0.1, -0.05) is 128 Å². The number of hydrogen-bond acceptors (Lipinski definition) is 2. The summed E-state index contributed by atoms with van der Waals surface area (Å²) in [7, 11) is 0. The minimum Gasteiger partial charge on any atom is -0.481 e. The molecule has 1 heterocycles. The van der Waals surface area contributed by atoms with Crippen LogP contribution in [0.25, 0.3) is 11.3 Å². The molecule has 0 aliphatic heterocycles. The largest absolute Gasteiger partial charge is 0.481 e. The zero-order chi connectivity index (χ0) is 24.4. The van der Waals surface area contributed by atoms with Crippen LogP contribution in [0.3, 0.4) is 0 Å². The van der Waals surface area contributed by atoms with E-state index < -0.39 is 11.9 Å². The van der Waals surface area contributed by atoms with Gasteiger partial charge < -0.3 is 5.11 Å². The topological polar surface area (TPSA) is 50.2 Å². The number of carbonyl (C=O) groups is 1. The maximum atomic E-state index is 11.9. The number of rotatable bonds is 19. The van der Waals surface area contributed by atoms with Gasteiger partial charge in [-0.2, -0.15) is 0 Å². The van der Waals surface area contributed by atoms with Crippen molar-refractivity contribution >= 4 is 5.97 Å². The Kier molecular flexibility index (Phi) is 14.3. The third-order valence-electron chi connectivity index (χ3n) is 6.90. The molecule has 1 aromatic heterocycles. The van der Waals surface area contributed by atoms with E-state index in [9.17, 15) is 9.90 Å². The molecule has 34 heavy (non-hydrogen) atoms. The van der Waals surface area contributed by atoms with Crippen LogP contribution in [0, 0.1) is 0 Å². The molecule has 0 spiro atoms. The zero-order valence-corrected chi connectivity index (χ0v) is 21.7. The van der Waals surface area contributed by atoms with Crippen molar-refractivity contribution in [2.24, 2.45) is 0 Å². The lowest BCUT2D eigenvalue weighted by atomic mass is 9.92. The minimum absolute atomic E-state index is 0.415. The molecule has 0 aliphatic carbocycles. The Bertz CT molecular complexity index is 782. The van der Waals surface area contributed by atoms with Crippen LogP contribution in [-0.2, 0) is 11.2 Å². The van der Waals surface area contributed by atoms with Crippen LogP contribution in [0.15, 0.2) is 42.6 Å². The standard InChI is InChI=1S/C31H47NO2/c1-3-5-7-9-11-13-15-17-26-19-24-30(32-25-26)28-22-20-27(21-23-28)29(31(33)34)18-16-14-12-10-8-6-4-2/h19-25,29H,3-18H2,1-2H3,(H,33,34). The highest BCUT2D eigenvalue weighted by Crippen LogP contribution is 2.26. The van der Waals surface area contributed by atoms with Gasteiger partial charge in [0, 0.05) is 11.8 Å². The van der Waals surface area contributed by atoms with Crippen molar-refractivity contribution < 1.29 is 9.90 Å². The highest BCUT2D eigenvalue weighted by atomic mass is 16.4. The summed E-state index contributed by atoms with van der Waals surface area (Å²) < 4.78 is 0. The Morgan fingerprint density at radius 3 is 1.82 bits per heavy atom. The summed E-state index contributed by atoms with van der Waals surface area (Å²) in [5.41, 5.74) is 4.20. The van der Waals surface area contributed by atoms with Crippen molar-refractivity contribution in [1.29, 1.82) is 0 Å². The van der Waals surface area contributed by atoms with E-state index in [1.54, 1.807) is 0 Å². The quantitative estimate of drug-likeness (QED) is 0.210. The number of nitrogens with zero attached hydrogens (tertiary/aromatic N) is 1. The number of carboxylic acids is 1. The molecule has 2 aromatic rings. The number of aromatic nitrogens is 1. The minimum atomic E-state index is -0.716. The predicted molar refractivity (Wildman–Crippen MR) is 144 cm³/mol. The molecule has 1 atom stereocenters. The molecule has 0 fully saturated rings. The molecule has 3 nitrogen and oxygen atoms in total. The maximum Gasteiger partial charge on any atom is 0.310 e. The fraction of sp³-hybridized carbons (Fsp3) is 0.613. The Balaban J connectivity index is 1.79. The second-order valence-electron chi connectivity index (χ2n) is 9.85. The van der Waals surface area contributed by atoms with E-state index in [-0.39, 0.29) is 0 Å². The van der Waals surface area contributed by atoms with Crippen LogP contribution < -0.4 is 0 Å². The van der Waals surface area contributed by atoms with Crippen LogP contribution in [0.1, 0.15) is 127 Å². The number of unbranched alkanes of at least 4 members (excludes halogenated alkanes) is 12. The van der Waals surface area contributed by atoms with E-state index in [1.807, 2.05) is 30.5 Å². The van der Waals surface area contributed by atoms with Crippen molar-refractivity contribution in [2.45, 2.75) is 122 Å². The molecule has 1 unspecified atom stereocenters. The zero-order valence-electron chi connectivity index (χ0n) is 21.7. The first kappa shape index (κ1) is 28.1. The van der Waals surface area contributed by atoms with Crippen LogP contribution >= 0.6 is 0 Å². The molecular weight excluding hydrogens is 418 g/mol. The van der Waals surface area contributed by atoms with Crippen LogP contribution in [-0.4, -0.2) is 16.1 Å². The van der Waals surface area contributed by atoms with Gasteiger partial charge in [0.05, 0.1) is 11.6 Å². The van der Waals surface area contributed by atoms with E-state index in [1.165, 1.54) is 82.6 Å². The van der Waals surface area contributed by atoms with Crippen molar-refractivity contribution in [1.82, 2.24) is 4.98 Å². The summed E-state index contributed by atoms with van der Waals surface area (Å²) in [5.74, 6) is -1.13. The van der Waals surface area contributed by atoms with Crippen molar-refractivity contribution in [3.05, 3.63) is 53.7 Å². The summed E-state index contributed by atoms with van der Waals surface area (Å²) in [6.45, 7) is 4.49. The molecule has 2 rings (SSSR count). The van der Waals surface area contributed by atoms with Gasteiger partial charge in [-0.25, -0.2) is 0 Å². The van der Waals surface area contributed by atoms with Crippen molar-refractivity contribution in [3.8, 4) is 11.3 Å². The lowest BCUT2D eigenvalue weighted by Gasteiger charge is -2.13. The molecule has 0 radical (unpaired) electrons. The third-order valence-corrected chi connectivity index (χ3v) is 6.90. The van der Waals surface area contributed by atoms with Gasteiger partial charge in [0.15, 0.2) is 0 Å². The van der Waals surface area contributed by atoms with E-state index in [4.69, 9.17) is 0 Å². The van der Waals surface area contributed by atoms with Crippen molar-refractivity contribution in [2.75, 3.05) is 0 Å². The molecule has 0 saturated heterocycles. The molecule has 1 N–H and O–H groups in total. The number of carboxylic acid groups (broad SMARTS) is 1. The first-order chi connectivity index (χ1) is 16.7. The molecule has 1 aromatic carbocycles. The first-order valence-electron chi connectivity index (χ1n) is 13.9. The van der Waals surface area contributed by atoms with E-state index in [0.29, 0.717) is 6.42 Å². The first-order valence-corrected chi connectivity index (χ1v) is 13.9. The Labute approximate surface area is 208 Å². The van der Waals surface area contributed by atoms with Crippen LogP contribution in [0.4, 0.5) is 0 Å². The second-order valence-corrected chi connectivity index (χ2v) is 9.85. The van der Waals surface area contributed by atoms with Gasteiger partial charge in [0.1, 0.15) is 0 Å². The summed E-state index contributed by atoms with van der Waals surface area (Å²) >= 11 is 0. The van der Waals surface area contributed by atoms with Gasteiger partial charge in [0.25, 0.3) is 0 Å². The average Bonchev–Trinajstić information content (AvgIpc) is 2.85. The molecule has 0 saturated carbocycles. The number of hydrogen-bond donors (Lipinski definition) is 1. The number of pyridine rings is 1. The smallest absolute Gasteiger partial charge is 0.310 e. The second kappa shape index (κ2) is 17.3. The van der Waals surface area contributed by atoms with E-state index in [0.717, 1.165) is 36.1 Å². The Hall–Kier alpha value is -2.16. The van der Waals surface area contributed by atoms with Gasteiger partial charge >= 0.3 is 5.97 Å². The lowest BCUT2D eigenvalue weighted by Crippen LogP contribution is -2.11. The summed E-state index contributed by atoms with van der Waals surface area (Å²) in [6, 6.07) is 12.3. The average molecular weight is 466 g/mol. The van der Waals surface area contributed by atoms with Gasteiger partial charge in [0.2, 0.25) is 0 Å². The summed E-state index contributed by atoms with van der Waals surface area (Å²) in [4.78, 5) is 16.5. The fourth-order valence-electron chi connectivity index (χ4n) is 4.65. The number of benzene rings is 1. The predicted octanol–water partition coefficient (Wildman–Crippen LogP) is 9.35. The third kappa shape index (κ3) is 10.8. The van der Waals surface area contributed by atoms with E-state index >= 15 is 0 Å². The molecular formula is C31H47NO2. The highest BCUT2D eigenvalue weighted by Gasteiger charge is 2.19. The normalized spacial score (nSPS) is 12.1.